The summed E-state index contributed by atoms with van der Waals surface area (Å²) in [6.45, 7) is 3.70. The van der Waals surface area contributed by atoms with Gasteiger partial charge in [-0.2, -0.15) is 5.26 Å². The number of likely N-dealkylation sites (tertiary alicyclic amines) is 1. The molecule has 0 spiro atoms. The molecule has 6 aliphatic rings. The predicted octanol–water partition coefficient (Wildman–Crippen LogP) is 4.33. The third kappa shape index (κ3) is 8.16. The number of amides is 3. The van der Waals surface area contributed by atoms with Crippen molar-refractivity contribution in [1.29, 1.82) is 5.26 Å². The number of nitrogens with zero attached hydrogens (tertiary/aromatic N) is 3. The van der Waals surface area contributed by atoms with Gasteiger partial charge in [0.1, 0.15) is 11.8 Å². The number of nitriles is 1. The van der Waals surface area contributed by atoms with Gasteiger partial charge in [0.2, 0.25) is 11.8 Å². The van der Waals surface area contributed by atoms with Crippen LogP contribution in [-0.2, 0) is 28.9 Å². The SMILES string of the molecule is CCc1ccc(CCOc2ccc(CC3SC(=O)NC3=O)cc2)nc1.N#C[C@@H]1CCCN1C(=O)CNC12C[C@@H]3C[C@@H](CC(O)(C3)C1)C2. The Hall–Kier alpha value is -3.46. The standard InChI is InChI=1S/C19H20N2O3S.C17H25N3O2/c1-2-13-3-6-15(20-12-13)9-10-24-16-7-4-14(5-8-16)11-17-18(22)21-19(23)25-17;18-9-14-2-1-3-20(14)15(21)10-19-16-5-12-4-13(6-16)8-17(22,7-12)11-16/h3-8,12,17H,2,9-11H2,1H3,(H,21,22,23);12-14,19,22H,1-8,10-11H2/t;12-,13+,14-,16?,17?/m.0/s1. The van der Waals surface area contributed by atoms with Crippen LogP contribution in [0.3, 0.4) is 0 Å². The molecule has 2 aliphatic heterocycles. The molecule has 2 aromatic rings. The molecule has 8 rings (SSSR count). The van der Waals surface area contributed by atoms with Crippen molar-refractivity contribution < 1.29 is 24.2 Å². The summed E-state index contributed by atoms with van der Waals surface area (Å²) in [6.07, 6.45) is 12.1. The molecule has 4 aliphatic carbocycles. The lowest BCUT2D eigenvalue weighted by Gasteiger charge is -2.60. The Labute approximate surface area is 281 Å². The van der Waals surface area contributed by atoms with Crippen molar-refractivity contribution in [2.45, 2.75) is 100.0 Å². The molecule has 47 heavy (non-hydrogen) atoms. The van der Waals surface area contributed by atoms with E-state index in [0.29, 0.717) is 38.0 Å². The van der Waals surface area contributed by atoms with Gasteiger partial charge in [0, 0.05) is 30.4 Å². The van der Waals surface area contributed by atoms with E-state index in [-0.39, 0.29) is 33.9 Å². The second-order valence-corrected chi connectivity index (χ2v) is 15.2. The van der Waals surface area contributed by atoms with Crippen LogP contribution >= 0.6 is 11.8 Å². The minimum absolute atomic E-state index is 0.0453. The number of imide groups is 1. The second kappa shape index (κ2) is 14.3. The fourth-order valence-corrected chi connectivity index (χ4v) is 9.39. The maximum Gasteiger partial charge on any atom is 0.286 e. The van der Waals surface area contributed by atoms with E-state index in [1.807, 2.05) is 36.5 Å². The Morgan fingerprint density at radius 1 is 1.15 bits per heavy atom. The van der Waals surface area contributed by atoms with Crippen molar-refractivity contribution in [3.05, 3.63) is 59.4 Å². The number of aromatic nitrogens is 1. The molecule has 3 N–H and O–H groups in total. The number of hydrogen-bond donors (Lipinski definition) is 3. The Kier molecular flexibility index (Phi) is 10.2. The minimum atomic E-state index is -0.497. The first-order valence-corrected chi connectivity index (χ1v) is 17.9. The lowest BCUT2D eigenvalue weighted by molar-refractivity contribution is -0.147. The van der Waals surface area contributed by atoms with Gasteiger partial charge in [-0.15, -0.1) is 0 Å². The molecule has 3 amide bonds. The summed E-state index contributed by atoms with van der Waals surface area (Å²) in [6, 6.07) is 13.8. The number of nitrogens with one attached hydrogen (secondary N) is 2. The van der Waals surface area contributed by atoms with Crippen molar-refractivity contribution in [3.63, 3.8) is 0 Å². The first-order valence-electron chi connectivity index (χ1n) is 17.0. The number of carbonyl (C=O) groups excluding carboxylic acids is 3. The molecule has 0 radical (unpaired) electrons. The number of benzene rings is 1. The Morgan fingerprint density at radius 2 is 1.89 bits per heavy atom. The molecule has 6 fully saturated rings. The summed E-state index contributed by atoms with van der Waals surface area (Å²) >= 11 is 1.05. The summed E-state index contributed by atoms with van der Waals surface area (Å²) in [5.41, 5.74) is 2.71. The first-order chi connectivity index (χ1) is 22.6. The van der Waals surface area contributed by atoms with Crippen LogP contribution < -0.4 is 15.4 Å². The summed E-state index contributed by atoms with van der Waals surface area (Å²) in [5.74, 6) is 1.86. The third-order valence-corrected chi connectivity index (χ3v) is 11.4. The van der Waals surface area contributed by atoms with Crippen LogP contribution in [0.5, 0.6) is 5.75 Å². The highest BCUT2D eigenvalue weighted by Gasteiger charge is 2.57. The van der Waals surface area contributed by atoms with E-state index in [1.165, 1.54) is 12.0 Å². The molecule has 3 unspecified atom stereocenters. The Balaban J connectivity index is 0.000000165. The fourth-order valence-electron chi connectivity index (χ4n) is 8.53. The monoisotopic (exact) mass is 659 g/mol. The highest BCUT2D eigenvalue weighted by molar-refractivity contribution is 8.15. The van der Waals surface area contributed by atoms with Crippen LogP contribution in [0.25, 0.3) is 0 Å². The van der Waals surface area contributed by atoms with E-state index in [2.05, 4.69) is 34.7 Å². The number of thioether (sulfide) groups is 1. The van der Waals surface area contributed by atoms with Gasteiger partial charge in [0.25, 0.3) is 5.24 Å². The van der Waals surface area contributed by atoms with E-state index in [0.717, 1.165) is 86.6 Å². The van der Waals surface area contributed by atoms with Crippen molar-refractivity contribution in [2.24, 2.45) is 11.8 Å². The average molecular weight is 660 g/mol. The minimum Gasteiger partial charge on any atom is -0.493 e. The van der Waals surface area contributed by atoms with E-state index < -0.39 is 5.60 Å². The van der Waals surface area contributed by atoms with Gasteiger partial charge < -0.3 is 20.1 Å². The largest absolute Gasteiger partial charge is 0.493 e. The van der Waals surface area contributed by atoms with Crippen molar-refractivity contribution in [3.8, 4) is 11.8 Å². The van der Waals surface area contributed by atoms with Crippen molar-refractivity contribution in [1.82, 2.24) is 20.5 Å². The third-order valence-electron chi connectivity index (χ3n) is 10.4. The maximum absolute atomic E-state index is 12.4. The number of ether oxygens (including phenoxy) is 1. The number of carbonyl (C=O) groups is 3. The summed E-state index contributed by atoms with van der Waals surface area (Å²) in [4.78, 5) is 41.4. The number of pyridine rings is 1. The molecule has 11 heteroatoms. The smallest absolute Gasteiger partial charge is 0.286 e. The molecule has 2 saturated heterocycles. The Morgan fingerprint density at radius 3 is 2.51 bits per heavy atom. The Bertz CT molecular complexity index is 1480. The van der Waals surface area contributed by atoms with Gasteiger partial charge in [-0.05, 0) is 105 Å². The molecule has 4 bridgehead atoms. The van der Waals surface area contributed by atoms with Crippen LogP contribution in [0.15, 0.2) is 42.6 Å². The summed E-state index contributed by atoms with van der Waals surface area (Å²) < 4.78 is 5.75. The van der Waals surface area contributed by atoms with E-state index in [1.54, 1.807) is 4.90 Å². The van der Waals surface area contributed by atoms with Crippen LogP contribution in [0.2, 0.25) is 0 Å². The zero-order valence-corrected chi connectivity index (χ0v) is 27.9. The second-order valence-electron chi connectivity index (χ2n) is 14.0. The first kappa shape index (κ1) is 33.4. The van der Waals surface area contributed by atoms with Gasteiger partial charge >= 0.3 is 0 Å². The fraction of sp³-hybridized carbons (Fsp3) is 0.583. The highest BCUT2D eigenvalue weighted by atomic mass is 32.2. The zero-order chi connectivity index (χ0) is 33.0. The maximum atomic E-state index is 12.4. The van der Waals surface area contributed by atoms with Gasteiger partial charge in [0.15, 0.2) is 0 Å². The van der Waals surface area contributed by atoms with Crippen LogP contribution in [0, 0.1) is 23.2 Å². The van der Waals surface area contributed by atoms with E-state index >= 15 is 0 Å². The predicted molar refractivity (Wildman–Crippen MR) is 179 cm³/mol. The van der Waals surface area contributed by atoms with Crippen molar-refractivity contribution in [2.75, 3.05) is 19.7 Å². The molecule has 1 aromatic heterocycles. The normalized spacial score (nSPS) is 30.4. The van der Waals surface area contributed by atoms with Crippen LogP contribution in [0.4, 0.5) is 4.79 Å². The molecule has 3 heterocycles. The molecule has 4 saturated carbocycles. The molecule has 250 valence electrons. The molecule has 6 atom stereocenters. The van der Waals surface area contributed by atoms with Crippen molar-refractivity contribution >= 4 is 28.8 Å². The zero-order valence-electron chi connectivity index (χ0n) is 27.1. The molecular formula is C36H45N5O5S. The number of aliphatic hydroxyl groups is 1. The summed E-state index contributed by atoms with van der Waals surface area (Å²) in [5, 5.41) is 25.1. The quantitative estimate of drug-likeness (QED) is 0.339. The summed E-state index contributed by atoms with van der Waals surface area (Å²) in [7, 11) is 0. The lowest BCUT2D eigenvalue weighted by atomic mass is 9.51. The van der Waals surface area contributed by atoms with E-state index in [9.17, 15) is 19.5 Å². The molecule has 10 nitrogen and oxygen atoms in total. The van der Waals surface area contributed by atoms with Gasteiger partial charge in [-0.3, -0.25) is 24.7 Å². The van der Waals surface area contributed by atoms with Crippen LogP contribution in [-0.4, -0.2) is 74.2 Å². The van der Waals surface area contributed by atoms with Gasteiger partial charge in [-0.25, -0.2) is 0 Å². The number of aryl methyl sites for hydroxylation is 1. The molecular weight excluding hydrogens is 614 g/mol. The highest BCUT2D eigenvalue weighted by Crippen LogP contribution is 2.57. The molecule has 1 aromatic carbocycles. The van der Waals surface area contributed by atoms with Gasteiger partial charge in [0.05, 0.1) is 30.1 Å². The topological polar surface area (TPSA) is 145 Å². The lowest BCUT2D eigenvalue weighted by Crippen LogP contribution is -2.65. The van der Waals surface area contributed by atoms with Gasteiger partial charge in [-0.1, -0.05) is 36.9 Å². The number of hydrogen-bond acceptors (Lipinski definition) is 9. The van der Waals surface area contributed by atoms with E-state index in [4.69, 9.17) is 10.00 Å². The average Bonchev–Trinajstić information content (AvgIpc) is 3.65. The van der Waals surface area contributed by atoms with Crippen LogP contribution in [0.1, 0.15) is 75.1 Å². The number of rotatable bonds is 10.